The van der Waals surface area contributed by atoms with Crippen LogP contribution in [-0.2, 0) is 0 Å². The zero-order chi connectivity index (χ0) is 17.4. The molecule has 0 unspecified atom stereocenters. The summed E-state index contributed by atoms with van der Waals surface area (Å²) < 4.78 is 18.9. The molecule has 0 aliphatic carbocycles. The summed E-state index contributed by atoms with van der Waals surface area (Å²) in [5.74, 6) is -0.498. The van der Waals surface area contributed by atoms with Crippen LogP contribution in [0.4, 0.5) is 9.52 Å². The number of hydrogen-bond acceptors (Lipinski definition) is 6. The first-order valence-electron chi connectivity index (χ1n) is 7.31. The number of nitrogens with one attached hydrogen (secondary N) is 1. The van der Waals surface area contributed by atoms with Gasteiger partial charge in [-0.05, 0) is 32.0 Å². The number of carbonyl (C=O) groups is 2. The van der Waals surface area contributed by atoms with Crippen molar-refractivity contribution < 1.29 is 18.4 Å². The number of ketones is 2. The van der Waals surface area contributed by atoms with Gasteiger partial charge in [-0.2, -0.15) is 0 Å². The van der Waals surface area contributed by atoms with Gasteiger partial charge in [0.25, 0.3) is 0 Å². The molecule has 1 N–H and O–H groups in total. The van der Waals surface area contributed by atoms with E-state index in [0.29, 0.717) is 32.2 Å². The summed E-state index contributed by atoms with van der Waals surface area (Å²) in [6.07, 6.45) is 0. The highest BCUT2D eigenvalue weighted by Gasteiger charge is 2.19. The van der Waals surface area contributed by atoms with E-state index in [1.165, 1.54) is 36.5 Å². The summed E-state index contributed by atoms with van der Waals surface area (Å²) in [6.45, 7) is 4.93. The average molecular weight is 346 g/mol. The van der Waals surface area contributed by atoms with Crippen molar-refractivity contribution in [1.82, 2.24) is 4.98 Å². The first-order chi connectivity index (χ1) is 11.4. The largest absolute Gasteiger partial charge is 0.453 e. The second kappa shape index (κ2) is 6.16. The number of Topliss-reactive ketones (excluding diaryl/α,β-unsaturated/α-hetero) is 2. The first-order valence-corrected chi connectivity index (χ1v) is 8.12. The van der Waals surface area contributed by atoms with E-state index in [0.717, 1.165) is 0 Å². The van der Waals surface area contributed by atoms with Crippen molar-refractivity contribution in [2.75, 3.05) is 11.9 Å². The molecule has 1 aromatic carbocycles. The Morgan fingerprint density at radius 2 is 2.08 bits per heavy atom. The van der Waals surface area contributed by atoms with E-state index in [1.54, 1.807) is 13.8 Å². The number of carbonyl (C=O) groups excluding carboxylic acids is 2. The Morgan fingerprint density at radius 1 is 1.33 bits per heavy atom. The molecule has 3 aromatic rings. The summed E-state index contributed by atoms with van der Waals surface area (Å²) in [5, 5.41) is 4.00. The van der Waals surface area contributed by atoms with Crippen molar-refractivity contribution in [1.29, 1.82) is 0 Å². The van der Waals surface area contributed by atoms with Gasteiger partial charge in [-0.3, -0.25) is 9.59 Å². The molecule has 0 spiro atoms. The van der Waals surface area contributed by atoms with Crippen molar-refractivity contribution in [3.63, 3.8) is 0 Å². The summed E-state index contributed by atoms with van der Waals surface area (Å²) in [7, 11) is 0. The van der Waals surface area contributed by atoms with Gasteiger partial charge in [0.05, 0.1) is 17.1 Å². The van der Waals surface area contributed by atoms with Gasteiger partial charge in [-0.1, -0.05) is 11.3 Å². The van der Waals surface area contributed by atoms with Crippen molar-refractivity contribution in [3.05, 3.63) is 45.9 Å². The number of fused-ring (bicyclic) bond motifs is 1. The van der Waals surface area contributed by atoms with Crippen LogP contribution in [0.2, 0.25) is 0 Å². The SMILES string of the molecule is CC(=O)c1sc(NCC(=O)c2oc3ccc(F)cc3c2C)nc1C. The lowest BCUT2D eigenvalue weighted by Crippen LogP contribution is -2.14. The number of thiazole rings is 1. The molecule has 2 aromatic heterocycles. The molecule has 0 saturated heterocycles. The molecule has 2 heterocycles. The van der Waals surface area contributed by atoms with E-state index >= 15 is 0 Å². The van der Waals surface area contributed by atoms with Gasteiger partial charge in [-0.25, -0.2) is 9.37 Å². The number of halogens is 1. The highest BCUT2D eigenvalue weighted by Crippen LogP contribution is 2.27. The molecule has 0 atom stereocenters. The van der Waals surface area contributed by atoms with Crippen LogP contribution in [0.15, 0.2) is 22.6 Å². The Balaban J connectivity index is 1.79. The predicted molar refractivity (Wildman–Crippen MR) is 90.6 cm³/mol. The summed E-state index contributed by atoms with van der Waals surface area (Å²) in [5.41, 5.74) is 1.72. The molecule has 3 rings (SSSR count). The quantitative estimate of drug-likeness (QED) is 0.703. The molecule has 0 radical (unpaired) electrons. The zero-order valence-electron chi connectivity index (χ0n) is 13.4. The fourth-order valence-electron chi connectivity index (χ4n) is 2.49. The predicted octanol–water partition coefficient (Wildman–Crippen LogP) is 4.14. The van der Waals surface area contributed by atoms with Crippen LogP contribution < -0.4 is 5.32 Å². The standard InChI is InChI=1S/C17H15FN2O3S/c1-8-12-6-11(18)4-5-14(12)23-15(8)13(22)7-19-17-20-9(2)16(24-17)10(3)21/h4-6H,7H2,1-3H3,(H,19,20). The fraction of sp³-hybridized carbons (Fsp3) is 0.235. The van der Waals surface area contributed by atoms with Crippen LogP contribution in [0, 0.1) is 19.7 Å². The van der Waals surface area contributed by atoms with Gasteiger partial charge in [0.1, 0.15) is 11.4 Å². The molecule has 0 aliphatic rings. The number of furan rings is 1. The van der Waals surface area contributed by atoms with Crippen LogP contribution in [0.25, 0.3) is 11.0 Å². The molecule has 0 bridgehead atoms. The van der Waals surface area contributed by atoms with E-state index in [9.17, 15) is 14.0 Å². The number of hydrogen-bond donors (Lipinski definition) is 1. The highest BCUT2D eigenvalue weighted by atomic mass is 32.1. The minimum absolute atomic E-state index is 0.0204. The van der Waals surface area contributed by atoms with E-state index in [4.69, 9.17) is 4.42 Å². The minimum atomic E-state index is -0.376. The number of nitrogens with zero attached hydrogens (tertiary/aromatic N) is 1. The van der Waals surface area contributed by atoms with Crippen LogP contribution in [0.3, 0.4) is 0 Å². The molecular weight excluding hydrogens is 331 g/mol. The molecule has 0 fully saturated rings. The first kappa shape index (κ1) is 16.3. The van der Waals surface area contributed by atoms with Crippen molar-refractivity contribution in [2.45, 2.75) is 20.8 Å². The molecule has 0 saturated carbocycles. The number of anilines is 1. The molecule has 0 aliphatic heterocycles. The van der Waals surface area contributed by atoms with Gasteiger partial charge in [0.15, 0.2) is 16.7 Å². The second-order valence-corrected chi connectivity index (χ2v) is 6.46. The third-order valence-electron chi connectivity index (χ3n) is 3.67. The normalized spacial score (nSPS) is 11.0. The van der Waals surface area contributed by atoms with Crippen molar-refractivity contribution in [3.8, 4) is 0 Å². The van der Waals surface area contributed by atoms with Gasteiger partial charge < -0.3 is 9.73 Å². The number of aryl methyl sites for hydroxylation is 2. The Hall–Kier alpha value is -2.54. The smallest absolute Gasteiger partial charge is 0.217 e. The summed E-state index contributed by atoms with van der Waals surface area (Å²) in [4.78, 5) is 28.6. The lowest BCUT2D eigenvalue weighted by atomic mass is 10.1. The Morgan fingerprint density at radius 3 is 2.75 bits per heavy atom. The minimum Gasteiger partial charge on any atom is -0.453 e. The van der Waals surface area contributed by atoms with E-state index in [1.807, 2.05) is 0 Å². The molecule has 7 heteroatoms. The van der Waals surface area contributed by atoms with Gasteiger partial charge >= 0.3 is 0 Å². The maximum absolute atomic E-state index is 13.3. The van der Waals surface area contributed by atoms with Gasteiger partial charge in [0, 0.05) is 17.9 Å². The average Bonchev–Trinajstić information content (AvgIpc) is 3.06. The van der Waals surface area contributed by atoms with Gasteiger partial charge in [0.2, 0.25) is 5.78 Å². The second-order valence-electron chi connectivity index (χ2n) is 5.46. The Labute approximate surface area is 141 Å². The Kier molecular flexibility index (Phi) is 4.19. The van der Waals surface area contributed by atoms with E-state index in [2.05, 4.69) is 10.3 Å². The topological polar surface area (TPSA) is 72.2 Å². The van der Waals surface area contributed by atoms with Crippen molar-refractivity contribution >= 4 is 39.0 Å². The third-order valence-corrected chi connectivity index (χ3v) is 4.88. The summed E-state index contributed by atoms with van der Waals surface area (Å²) in [6, 6.07) is 4.15. The lowest BCUT2D eigenvalue weighted by Gasteiger charge is -2.00. The van der Waals surface area contributed by atoms with Crippen LogP contribution in [-0.4, -0.2) is 23.1 Å². The van der Waals surface area contributed by atoms with Crippen LogP contribution in [0.5, 0.6) is 0 Å². The lowest BCUT2D eigenvalue weighted by molar-refractivity contribution is 0.0979. The Bertz CT molecular complexity index is 958. The van der Waals surface area contributed by atoms with Crippen LogP contribution in [0.1, 0.15) is 38.4 Å². The van der Waals surface area contributed by atoms with Crippen molar-refractivity contribution in [2.24, 2.45) is 0 Å². The van der Waals surface area contributed by atoms with Gasteiger partial charge in [-0.15, -0.1) is 0 Å². The zero-order valence-corrected chi connectivity index (χ0v) is 14.2. The fourth-order valence-corrected chi connectivity index (χ4v) is 3.35. The highest BCUT2D eigenvalue weighted by molar-refractivity contribution is 7.17. The molecule has 5 nitrogen and oxygen atoms in total. The third kappa shape index (κ3) is 2.94. The molecule has 124 valence electrons. The van der Waals surface area contributed by atoms with Crippen LogP contribution >= 0.6 is 11.3 Å². The van der Waals surface area contributed by atoms with E-state index in [-0.39, 0.29) is 29.7 Å². The monoisotopic (exact) mass is 346 g/mol. The maximum Gasteiger partial charge on any atom is 0.217 e. The summed E-state index contributed by atoms with van der Waals surface area (Å²) >= 11 is 1.21. The number of benzene rings is 1. The maximum atomic E-state index is 13.3. The van der Waals surface area contributed by atoms with E-state index < -0.39 is 0 Å². The molecular formula is C17H15FN2O3S. The molecule has 24 heavy (non-hydrogen) atoms. The number of rotatable bonds is 5. The number of aromatic nitrogens is 1. The molecule has 0 amide bonds.